The number of amides is 1. The number of rotatable bonds is 4. The lowest BCUT2D eigenvalue weighted by molar-refractivity contribution is -0.131. The highest BCUT2D eigenvalue weighted by atomic mass is 16.2. The zero-order valence-corrected chi connectivity index (χ0v) is 8.25. The van der Waals surface area contributed by atoms with E-state index in [4.69, 9.17) is 0 Å². The molecule has 1 saturated carbocycles. The second-order valence-electron chi connectivity index (χ2n) is 4.45. The summed E-state index contributed by atoms with van der Waals surface area (Å²) in [5, 5.41) is 3.19. The standard InChI is InChI=1S/C10H18N2O/c1-12(7-8-2-3-8)10(13)4-9-5-11-6-9/h8-9,11H,2-7H2,1H3. The van der Waals surface area contributed by atoms with Gasteiger partial charge in [0.05, 0.1) is 0 Å². The molecule has 1 amide bonds. The molecule has 1 saturated heterocycles. The number of nitrogens with zero attached hydrogens (tertiary/aromatic N) is 1. The predicted molar refractivity (Wildman–Crippen MR) is 51.3 cm³/mol. The van der Waals surface area contributed by atoms with E-state index in [2.05, 4.69) is 5.32 Å². The molecule has 0 spiro atoms. The van der Waals surface area contributed by atoms with Crippen LogP contribution < -0.4 is 5.32 Å². The van der Waals surface area contributed by atoms with Crippen LogP contribution in [0.1, 0.15) is 19.3 Å². The number of carbonyl (C=O) groups excluding carboxylic acids is 1. The molecule has 1 N–H and O–H groups in total. The number of hydrogen-bond donors (Lipinski definition) is 1. The fourth-order valence-corrected chi connectivity index (χ4v) is 1.69. The van der Waals surface area contributed by atoms with Crippen molar-refractivity contribution in [1.29, 1.82) is 0 Å². The maximum atomic E-state index is 11.6. The van der Waals surface area contributed by atoms with Gasteiger partial charge in [-0.3, -0.25) is 4.79 Å². The van der Waals surface area contributed by atoms with Gasteiger partial charge in [-0.25, -0.2) is 0 Å². The van der Waals surface area contributed by atoms with Crippen molar-refractivity contribution in [2.45, 2.75) is 19.3 Å². The van der Waals surface area contributed by atoms with Gasteiger partial charge in [0.15, 0.2) is 0 Å². The Balaban J connectivity index is 1.67. The molecule has 1 heterocycles. The van der Waals surface area contributed by atoms with E-state index in [1.54, 1.807) is 0 Å². The minimum Gasteiger partial charge on any atom is -0.345 e. The Kier molecular flexibility index (Phi) is 2.54. The van der Waals surface area contributed by atoms with E-state index in [0.29, 0.717) is 11.8 Å². The summed E-state index contributed by atoms with van der Waals surface area (Å²) in [5.41, 5.74) is 0. The molecule has 1 aliphatic carbocycles. The normalized spacial score (nSPS) is 22.5. The zero-order chi connectivity index (χ0) is 9.26. The molecule has 2 fully saturated rings. The van der Waals surface area contributed by atoms with Gasteiger partial charge >= 0.3 is 0 Å². The molecule has 1 aliphatic heterocycles. The molecule has 2 aliphatic rings. The molecule has 3 nitrogen and oxygen atoms in total. The summed E-state index contributed by atoms with van der Waals surface area (Å²) in [6.07, 6.45) is 3.39. The van der Waals surface area contributed by atoms with Crippen LogP contribution in [-0.4, -0.2) is 37.5 Å². The number of nitrogens with one attached hydrogen (secondary N) is 1. The van der Waals surface area contributed by atoms with Crippen LogP contribution in [0.5, 0.6) is 0 Å². The molecule has 3 heteroatoms. The predicted octanol–water partition coefficient (Wildman–Crippen LogP) is 0.464. The summed E-state index contributed by atoms with van der Waals surface area (Å²) in [6, 6.07) is 0. The molecule has 0 radical (unpaired) electrons. The van der Waals surface area contributed by atoms with Crippen molar-refractivity contribution >= 4 is 5.91 Å². The van der Waals surface area contributed by atoms with Crippen LogP contribution in [0.4, 0.5) is 0 Å². The second-order valence-corrected chi connectivity index (χ2v) is 4.45. The smallest absolute Gasteiger partial charge is 0.222 e. The van der Waals surface area contributed by atoms with Crippen molar-refractivity contribution in [1.82, 2.24) is 10.2 Å². The zero-order valence-electron chi connectivity index (χ0n) is 8.25. The Hall–Kier alpha value is -0.570. The summed E-state index contributed by atoms with van der Waals surface area (Å²) in [7, 11) is 1.94. The molecule has 0 aromatic heterocycles. The molecule has 0 atom stereocenters. The first-order valence-corrected chi connectivity index (χ1v) is 5.20. The fourth-order valence-electron chi connectivity index (χ4n) is 1.69. The number of hydrogen-bond acceptors (Lipinski definition) is 2. The average molecular weight is 182 g/mol. The monoisotopic (exact) mass is 182 g/mol. The quantitative estimate of drug-likeness (QED) is 0.685. The molecular formula is C10H18N2O. The van der Waals surface area contributed by atoms with Gasteiger partial charge < -0.3 is 10.2 Å². The van der Waals surface area contributed by atoms with Crippen molar-refractivity contribution in [2.75, 3.05) is 26.7 Å². The molecule has 0 aromatic rings. The first-order valence-electron chi connectivity index (χ1n) is 5.20. The highest BCUT2D eigenvalue weighted by Crippen LogP contribution is 2.29. The average Bonchev–Trinajstić information content (AvgIpc) is 2.79. The lowest BCUT2D eigenvalue weighted by Crippen LogP contribution is -2.45. The van der Waals surface area contributed by atoms with Crippen LogP contribution in [0.2, 0.25) is 0 Å². The maximum absolute atomic E-state index is 11.6. The van der Waals surface area contributed by atoms with Crippen molar-refractivity contribution in [3.63, 3.8) is 0 Å². The van der Waals surface area contributed by atoms with Crippen molar-refractivity contribution in [2.24, 2.45) is 11.8 Å². The van der Waals surface area contributed by atoms with Gasteiger partial charge in [0, 0.05) is 20.0 Å². The van der Waals surface area contributed by atoms with Crippen LogP contribution in [0, 0.1) is 11.8 Å². The highest BCUT2D eigenvalue weighted by molar-refractivity contribution is 5.76. The van der Waals surface area contributed by atoms with Crippen LogP contribution >= 0.6 is 0 Å². The van der Waals surface area contributed by atoms with Crippen molar-refractivity contribution in [3.8, 4) is 0 Å². The van der Waals surface area contributed by atoms with Gasteiger partial charge in [0.2, 0.25) is 5.91 Å². The van der Waals surface area contributed by atoms with Crippen LogP contribution in [0.15, 0.2) is 0 Å². The lowest BCUT2D eigenvalue weighted by Gasteiger charge is -2.28. The second kappa shape index (κ2) is 3.66. The molecule has 2 rings (SSSR count). The third-order valence-electron chi connectivity index (χ3n) is 2.98. The SMILES string of the molecule is CN(CC1CC1)C(=O)CC1CNC1. The fraction of sp³-hybridized carbons (Fsp3) is 0.900. The Morgan fingerprint density at radius 1 is 1.38 bits per heavy atom. The number of carbonyl (C=O) groups is 1. The minimum absolute atomic E-state index is 0.332. The topological polar surface area (TPSA) is 32.3 Å². The van der Waals surface area contributed by atoms with E-state index in [1.165, 1.54) is 12.8 Å². The van der Waals surface area contributed by atoms with E-state index in [9.17, 15) is 4.79 Å². The van der Waals surface area contributed by atoms with Gasteiger partial charge in [-0.2, -0.15) is 0 Å². The van der Waals surface area contributed by atoms with Crippen LogP contribution in [0.25, 0.3) is 0 Å². The first kappa shape index (κ1) is 9.00. The molecule has 74 valence electrons. The molecule has 0 bridgehead atoms. The maximum Gasteiger partial charge on any atom is 0.222 e. The summed E-state index contributed by atoms with van der Waals surface area (Å²) in [6.45, 7) is 3.05. The lowest BCUT2D eigenvalue weighted by atomic mass is 9.99. The third-order valence-corrected chi connectivity index (χ3v) is 2.98. The van der Waals surface area contributed by atoms with E-state index < -0.39 is 0 Å². The van der Waals surface area contributed by atoms with Crippen LogP contribution in [0.3, 0.4) is 0 Å². The summed E-state index contributed by atoms with van der Waals surface area (Å²) in [4.78, 5) is 13.5. The highest BCUT2D eigenvalue weighted by Gasteiger charge is 2.27. The Bertz CT molecular complexity index is 197. The van der Waals surface area contributed by atoms with E-state index >= 15 is 0 Å². The largest absolute Gasteiger partial charge is 0.345 e. The van der Waals surface area contributed by atoms with Gasteiger partial charge in [0.25, 0.3) is 0 Å². The summed E-state index contributed by atoms with van der Waals surface area (Å²) < 4.78 is 0. The Morgan fingerprint density at radius 2 is 2.08 bits per heavy atom. The molecular weight excluding hydrogens is 164 g/mol. The van der Waals surface area contributed by atoms with E-state index in [0.717, 1.165) is 32.0 Å². The Labute approximate surface area is 79.5 Å². The van der Waals surface area contributed by atoms with Crippen molar-refractivity contribution < 1.29 is 4.79 Å². The summed E-state index contributed by atoms with van der Waals surface area (Å²) in [5.74, 6) is 1.75. The molecule has 13 heavy (non-hydrogen) atoms. The van der Waals surface area contributed by atoms with Crippen LogP contribution in [-0.2, 0) is 4.79 Å². The van der Waals surface area contributed by atoms with E-state index in [-0.39, 0.29) is 0 Å². The third kappa shape index (κ3) is 2.44. The van der Waals surface area contributed by atoms with E-state index in [1.807, 2.05) is 11.9 Å². The molecule has 0 unspecified atom stereocenters. The first-order chi connectivity index (χ1) is 6.25. The van der Waals surface area contributed by atoms with Crippen molar-refractivity contribution in [3.05, 3.63) is 0 Å². The summed E-state index contributed by atoms with van der Waals surface area (Å²) >= 11 is 0. The van der Waals surface area contributed by atoms with Gasteiger partial charge in [0.1, 0.15) is 0 Å². The Morgan fingerprint density at radius 3 is 2.54 bits per heavy atom. The van der Waals surface area contributed by atoms with Gasteiger partial charge in [-0.1, -0.05) is 0 Å². The minimum atomic E-state index is 0.332. The van der Waals surface area contributed by atoms with Gasteiger partial charge in [-0.05, 0) is 37.8 Å². The van der Waals surface area contributed by atoms with Gasteiger partial charge in [-0.15, -0.1) is 0 Å². The molecule has 0 aromatic carbocycles.